The molecule has 0 saturated carbocycles. The highest BCUT2D eigenvalue weighted by atomic mass is 35.5. The van der Waals surface area contributed by atoms with Crippen LogP contribution < -0.4 is 9.47 Å². The lowest BCUT2D eigenvalue weighted by atomic mass is 10.1. The average molecular weight is 336 g/mol. The lowest BCUT2D eigenvalue weighted by molar-refractivity contribution is 0.0794. The number of amides is 1. The predicted octanol–water partition coefficient (Wildman–Crippen LogP) is 2.87. The summed E-state index contributed by atoms with van der Waals surface area (Å²) in [5.74, 6) is 0.532. The van der Waals surface area contributed by atoms with Crippen molar-refractivity contribution in [3.05, 3.63) is 22.7 Å². The largest absolute Gasteiger partial charge is 0.493 e. The van der Waals surface area contributed by atoms with Gasteiger partial charge in [0.1, 0.15) is 13.1 Å². The highest BCUT2D eigenvalue weighted by Gasteiger charge is 2.20. The Labute approximate surface area is 140 Å². The maximum atomic E-state index is 12.4. The van der Waals surface area contributed by atoms with Gasteiger partial charge in [-0.05, 0) is 18.1 Å². The molecule has 0 heterocycles. The Kier molecular flexibility index (Phi) is 7.18. The smallest absolute Gasteiger partial charge is 0.255 e. The van der Waals surface area contributed by atoms with Crippen LogP contribution in [0.25, 0.3) is 0 Å². The maximum Gasteiger partial charge on any atom is 0.255 e. The van der Waals surface area contributed by atoms with Crippen molar-refractivity contribution >= 4 is 17.5 Å². The van der Waals surface area contributed by atoms with Crippen LogP contribution in [0.2, 0.25) is 5.02 Å². The molecule has 0 aliphatic heterocycles. The number of nitrogens with zero attached hydrogens (tertiary/aromatic N) is 3. The minimum atomic E-state index is -0.469. The summed E-state index contributed by atoms with van der Waals surface area (Å²) in [6.45, 7) is 4.09. The molecular weight excluding hydrogens is 318 g/mol. The first-order valence-corrected chi connectivity index (χ1v) is 7.35. The third kappa shape index (κ3) is 5.05. The van der Waals surface area contributed by atoms with Crippen molar-refractivity contribution < 1.29 is 14.3 Å². The van der Waals surface area contributed by atoms with E-state index in [9.17, 15) is 4.79 Å². The normalized spacial score (nSPS) is 9.87. The van der Waals surface area contributed by atoms with Gasteiger partial charge in [-0.2, -0.15) is 10.5 Å². The van der Waals surface area contributed by atoms with E-state index in [2.05, 4.69) is 0 Å². The van der Waals surface area contributed by atoms with E-state index >= 15 is 0 Å². The number of hydrogen-bond donors (Lipinski definition) is 0. The zero-order chi connectivity index (χ0) is 17.4. The van der Waals surface area contributed by atoms with Crippen molar-refractivity contribution in [3.8, 4) is 23.6 Å². The number of benzene rings is 1. The molecule has 0 N–H and O–H groups in total. The summed E-state index contributed by atoms with van der Waals surface area (Å²) in [5.41, 5.74) is 0.231. The van der Waals surface area contributed by atoms with Crippen LogP contribution >= 0.6 is 11.6 Å². The van der Waals surface area contributed by atoms with Gasteiger partial charge >= 0.3 is 0 Å². The quantitative estimate of drug-likeness (QED) is 0.715. The first kappa shape index (κ1) is 18.6. The van der Waals surface area contributed by atoms with Gasteiger partial charge in [0.15, 0.2) is 11.5 Å². The van der Waals surface area contributed by atoms with Crippen molar-refractivity contribution in [1.29, 1.82) is 10.5 Å². The standard InChI is InChI=1S/C16H18ClN3O3/c1-11(2)10-23-15-13(17)8-12(9-14(15)22-3)16(21)20(6-4-18)7-5-19/h8-9,11H,6-7,10H2,1-3H3. The zero-order valence-corrected chi connectivity index (χ0v) is 14.1. The van der Waals surface area contributed by atoms with Crippen molar-refractivity contribution in [3.63, 3.8) is 0 Å². The second-order valence-corrected chi connectivity index (χ2v) is 5.58. The number of methoxy groups -OCH3 is 1. The summed E-state index contributed by atoms with van der Waals surface area (Å²) in [6, 6.07) is 6.65. The molecule has 6 nitrogen and oxygen atoms in total. The Morgan fingerprint density at radius 1 is 1.30 bits per heavy atom. The van der Waals surface area contributed by atoms with Gasteiger partial charge in [0.2, 0.25) is 0 Å². The number of carbonyl (C=O) groups is 1. The maximum absolute atomic E-state index is 12.4. The minimum Gasteiger partial charge on any atom is -0.493 e. The minimum absolute atomic E-state index is 0.183. The van der Waals surface area contributed by atoms with E-state index in [0.29, 0.717) is 24.0 Å². The first-order chi connectivity index (χ1) is 10.9. The highest BCUT2D eigenvalue weighted by Crippen LogP contribution is 2.37. The summed E-state index contributed by atoms with van der Waals surface area (Å²) in [7, 11) is 1.45. The molecule has 0 atom stereocenters. The Morgan fingerprint density at radius 3 is 2.39 bits per heavy atom. The third-order valence-electron chi connectivity index (χ3n) is 2.85. The summed E-state index contributed by atoms with van der Waals surface area (Å²) >= 11 is 6.19. The van der Waals surface area contributed by atoms with Gasteiger partial charge < -0.3 is 14.4 Å². The molecule has 23 heavy (non-hydrogen) atoms. The molecule has 7 heteroatoms. The number of ether oxygens (including phenoxy) is 2. The van der Waals surface area contributed by atoms with Crippen LogP contribution in [-0.2, 0) is 0 Å². The topological polar surface area (TPSA) is 86.4 Å². The van der Waals surface area contributed by atoms with Crippen molar-refractivity contribution in [2.45, 2.75) is 13.8 Å². The molecule has 122 valence electrons. The molecule has 0 unspecified atom stereocenters. The molecular formula is C16H18ClN3O3. The lowest BCUT2D eigenvalue weighted by Gasteiger charge is -2.18. The van der Waals surface area contributed by atoms with Gasteiger partial charge in [-0.25, -0.2) is 0 Å². The SMILES string of the molecule is COc1cc(C(=O)N(CC#N)CC#N)cc(Cl)c1OCC(C)C. The monoisotopic (exact) mass is 335 g/mol. The highest BCUT2D eigenvalue weighted by molar-refractivity contribution is 6.32. The fourth-order valence-corrected chi connectivity index (χ4v) is 2.05. The van der Waals surface area contributed by atoms with Crippen molar-refractivity contribution in [2.24, 2.45) is 5.92 Å². The molecule has 0 bridgehead atoms. The van der Waals surface area contributed by atoms with Crippen LogP contribution in [0, 0.1) is 28.6 Å². The number of rotatable bonds is 7. The van der Waals surface area contributed by atoms with Crippen LogP contribution in [0.15, 0.2) is 12.1 Å². The Balaban J connectivity index is 3.14. The van der Waals surface area contributed by atoms with E-state index < -0.39 is 5.91 Å². The fourth-order valence-electron chi connectivity index (χ4n) is 1.79. The van der Waals surface area contributed by atoms with E-state index in [-0.39, 0.29) is 23.7 Å². The molecule has 1 rings (SSSR count). The molecule has 1 aromatic carbocycles. The number of carbonyl (C=O) groups excluding carboxylic acids is 1. The Hall–Kier alpha value is -2.44. The molecule has 0 fully saturated rings. The van der Waals surface area contributed by atoms with Gasteiger partial charge in [-0.3, -0.25) is 4.79 Å². The molecule has 0 saturated heterocycles. The van der Waals surface area contributed by atoms with Gasteiger partial charge in [0, 0.05) is 5.56 Å². The Morgan fingerprint density at radius 2 is 1.91 bits per heavy atom. The van der Waals surface area contributed by atoms with Crippen LogP contribution in [0.3, 0.4) is 0 Å². The molecule has 0 aliphatic rings. The molecule has 0 aromatic heterocycles. The second-order valence-electron chi connectivity index (χ2n) is 5.17. The molecule has 1 aromatic rings. The summed E-state index contributed by atoms with van der Waals surface area (Å²) in [6.07, 6.45) is 0. The molecule has 0 spiro atoms. The van der Waals surface area contributed by atoms with Crippen molar-refractivity contribution in [1.82, 2.24) is 4.90 Å². The van der Waals surface area contributed by atoms with Crippen LogP contribution in [0.4, 0.5) is 0 Å². The van der Waals surface area contributed by atoms with E-state index in [1.807, 2.05) is 26.0 Å². The van der Waals surface area contributed by atoms with E-state index in [1.165, 1.54) is 19.2 Å². The van der Waals surface area contributed by atoms with Gasteiger partial charge in [-0.15, -0.1) is 0 Å². The van der Waals surface area contributed by atoms with Crippen LogP contribution in [0.5, 0.6) is 11.5 Å². The fraction of sp³-hybridized carbons (Fsp3) is 0.438. The summed E-state index contributed by atoms with van der Waals surface area (Å²) in [4.78, 5) is 13.5. The van der Waals surface area contributed by atoms with E-state index in [0.717, 1.165) is 4.90 Å². The third-order valence-corrected chi connectivity index (χ3v) is 3.13. The zero-order valence-electron chi connectivity index (χ0n) is 13.3. The molecule has 1 amide bonds. The van der Waals surface area contributed by atoms with Crippen LogP contribution in [0.1, 0.15) is 24.2 Å². The lowest BCUT2D eigenvalue weighted by Crippen LogP contribution is -2.31. The van der Waals surface area contributed by atoms with Gasteiger partial charge in [-0.1, -0.05) is 25.4 Å². The van der Waals surface area contributed by atoms with Gasteiger partial charge in [0.25, 0.3) is 5.91 Å². The number of nitriles is 2. The number of halogens is 1. The first-order valence-electron chi connectivity index (χ1n) is 6.98. The van der Waals surface area contributed by atoms with E-state index in [4.69, 9.17) is 31.6 Å². The van der Waals surface area contributed by atoms with E-state index in [1.54, 1.807) is 0 Å². The predicted molar refractivity (Wildman–Crippen MR) is 85.5 cm³/mol. The summed E-state index contributed by atoms with van der Waals surface area (Å²) in [5, 5.41) is 17.8. The Bertz CT molecular complexity index is 631. The number of hydrogen-bond acceptors (Lipinski definition) is 5. The molecule has 0 radical (unpaired) electrons. The van der Waals surface area contributed by atoms with Crippen molar-refractivity contribution in [2.75, 3.05) is 26.8 Å². The molecule has 0 aliphatic carbocycles. The second kappa shape index (κ2) is 8.87. The van der Waals surface area contributed by atoms with Crippen LogP contribution in [-0.4, -0.2) is 37.6 Å². The average Bonchev–Trinajstić information content (AvgIpc) is 2.51. The van der Waals surface area contributed by atoms with Gasteiger partial charge in [0.05, 0.1) is 30.9 Å². The summed E-state index contributed by atoms with van der Waals surface area (Å²) < 4.78 is 10.9.